The van der Waals surface area contributed by atoms with Crippen molar-refractivity contribution in [2.45, 2.75) is 32.6 Å². The fourth-order valence-corrected chi connectivity index (χ4v) is 4.84. The van der Waals surface area contributed by atoms with E-state index in [1.165, 1.54) is 22.0 Å². The van der Waals surface area contributed by atoms with Crippen LogP contribution in [-0.2, 0) is 25.7 Å². The molecular formula is C17H16F3N5O2S2. The number of nitrogens with zero attached hydrogens (tertiary/aromatic N) is 5. The van der Waals surface area contributed by atoms with Crippen molar-refractivity contribution in [2.24, 2.45) is 0 Å². The van der Waals surface area contributed by atoms with E-state index in [0.717, 1.165) is 16.6 Å². The second kappa shape index (κ2) is 7.41. The lowest BCUT2D eigenvalue weighted by atomic mass is 10.2. The standard InChI is InChI=1S/C17H16F3N5O2S2/c1-9-21-14(24-6-5-11-12(8-24)29-16(22-11)27-2)23-15(26)25(9)7-10-3-4-13(28-10)17(18,19)20/h3-4H,5-8H2,1-2H3. The molecule has 0 amide bonds. The van der Waals surface area contributed by atoms with Crippen LogP contribution in [0.4, 0.5) is 19.1 Å². The quantitative estimate of drug-likeness (QED) is 0.617. The highest BCUT2D eigenvalue weighted by Gasteiger charge is 2.32. The minimum atomic E-state index is -4.39. The van der Waals surface area contributed by atoms with E-state index in [-0.39, 0.29) is 6.54 Å². The predicted octanol–water partition coefficient (Wildman–Crippen LogP) is 3.10. The average Bonchev–Trinajstić information content (AvgIpc) is 3.30. The predicted molar refractivity (Wildman–Crippen MR) is 103 cm³/mol. The summed E-state index contributed by atoms with van der Waals surface area (Å²) in [6, 6.07) is 2.39. The number of thiazole rings is 1. The highest BCUT2D eigenvalue weighted by Crippen LogP contribution is 2.35. The van der Waals surface area contributed by atoms with Gasteiger partial charge in [-0.2, -0.15) is 23.1 Å². The van der Waals surface area contributed by atoms with E-state index in [0.29, 0.717) is 52.7 Å². The number of fused-ring (bicyclic) bond motifs is 1. The molecule has 3 aromatic rings. The summed E-state index contributed by atoms with van der Waals surface area (Å²) < 4.78 is 44.8. The third kappa shape index (κ3) is 3.99. The van der Waals surface area contributed by atoms with Gasteiger partial charge in [-0.25, -0.2) is 9.78 Å². The van der Waals surface area contributed by atoms with Crippen LogP contribution in [-0.4, -0.2) is 33.2 Å². The summed E-state index contributed by atoms with van der Waals surface area (Å²) in [5.74, 6) is 0.707. The monoisotopic (exact) mass is 443 g/mol. The van der Waals surface area contributed by atoms with Gasteiger partial charge in [-0.1, -0.05) is 11.3 Å². The first-order valence-electron chi connectivity index (χ1n) is 8.63. The molecule has 7 nitrogen and oxygen atoms in total. The lowest BCUT2D eigenvalue weighted by Gasteiger charge is -2.26. The lowest BCUT2D eigenvalue weighted by molar-refractivity contribution is -0.134. The van der Waals surface area contributed by atoms with Crippen molar-refractivity contribution in [1.29, 1.82) is 0 Å². The van der Waals surface area contributed by atoms with Gasteiger partial charge < -0.3 is 9.64 Å². The fourth-order valence-electron chi connectivity index (χ4n) is 3.04. The Morgan fingerprint density at radius 3 is 2.66 bits per heavy atom. The number of hydrogen-bond acceptors (Lipinski definition) is 8. The molecule has 0 spiro atoms. The van der Waals surface area contributed by atoms with Gasteiger partial charge in [-0.3, -0.25) is 4.57 Å². The molecule has 0 aromatic carbocycles. The number of aromatic nitrogens is 4. The summed E-state index contributed by atoms with van der Waals surface area (Å²) in [7, 11) is 1.57. The molecule has 29 heavy (non-hydrogen) atoms. The number of rotatable bonds is 4. The SMILES string of the molecule is COc1nc2c(s1)CN(c1nc(C)n(Cc3ccc(C(F)(F)F)s3)c(=O)n1)CC2. The van der Waals surface area contributed by atoms with Crippen LogP contribution >= 0.6 is 22.7 Å². The third-order valence-electron chi connectivity index (χ3n) is 4.50. The smallest absolute Gasteiger partial charge is 0.425 e. The molecule has 0 radical (unpaired) electrons. The van der Waals surface area contributed by atoms with E-state index in [9.17, 15) is 18.0 Å². The van der Waals surface area contributed by atoms with Crippen LogP contribution in [0.1, 0.15) is 26.1 Å². The van der Waals surface area contributed by atoms with Gasteiger partial charge >= 0.3 is 11.9 Å². The van der Waals surface area contributed by atoms with Crippen molar-refractivity contribution < 1.29 is 17.9 Å². The van der Waals surface area contributed by atoms with Crippen LogP contribution in [0.5, 0.6) is 5.19 Å². The first-order chi connectivity index (χ1) is 13.7. The van der Waals surface area contributed by atoms with Gasteiger partial charge in [0, 0.05) is 17.8 Å². The van der Waals surface area contributed by atoms with Crippen molar-refractivity contribution in [3.05, 3.63) is 48.8 Å². The van der Waals surface area contributed by atoms with Gasteiger partial charge in [0.15, 0.2) is 0 Å². The summed E-state index contributed by atoms with van der Waals surface area (Å²) in [6.07, 6.45) is -3.70. The van der Waals surface area contributed by atoms with Crippen LogP contribution in [0.15, 0.2) is 16.9 Å². The van der Waals surface area contributed by atoms with E-state index in [2.05, 4.69) is 15.0 Å². The van der Waals surface area contributed by atoms with Crippen molar-refractivity contribution in [1.82, 2.24) is 19.5 Å². The normalized spacial score (nSPS) is 14.2. The first-order valence-corrected chi connectivity index (χ1v) is 10.3. The average molecular weight is 443 g/mol. The van der Waals surface area contributed by atoms with Gasteiger partial charge in [0.1, 0.15) is 10.7 Å². The van der Waals surface area contributed by atoms with E-state index >= 15 is 0 Å². The van der Waals surface area contributed by atoms with Crippen LogP contribution in [0.3, 0.4) is 0 Å². The number of aryl methyl sites for hydroxylation is 1. The minimum absolute atomic E-state index is 0.00187. The highest BCUT2D eigenvalue weighted by molar-refractivity contribution is 7.13. The van der Waals surface area contributed by atoms with Gasteiger partial charge in [0.25, 0.3) is 5.19 Å². The second-order valence-electron chi connectivity index (χ2n) is 6.43. The Bertz CT molecular complexity index is 1110. The number of halogens is 3. The number of ether oxygens (including phenoxy) is 1. The van der Waals surface area contributed by atoms with Crippen LogP contribution in [0.25, 0.3) is 0 Å². The third-order valence-corrected chi connectivity index (χ3v) is 6.66. The summed E-state index contributed by atoms with van der Waals surface area (Å²) in [6.45, 7) is 2.79. The van der Waals surface area contributed by atoms with Crippen molar-refractivity contribution >= 4 is 28.6 Å². The highest BCUT2D eigenvalue weighted by atomic mass is 32.1. The Labute approximate surface area is 171 Å². The zero-order valence-electron chi connectivity index (χ0n) is 15.5. The topological polar surface area (TPSA) is 73.1 Å². The Morgan fingerprint density at radius 2 is 2.00 bits per heavy atom. The van der Waals surface area contributed by atoms with E-state index in [4.69, 9.17) is 4.74 Å². The Kier molecular flexibility index (Phi) is 5.07. The number of hydrogen-bond donors (Lipinski definition) is 0. The van der Waals surface area contributed by atoms with Crippen molar-refractivity contribution in [3.63, 3.8) is 0 Å². The summed E-state index contributed by atoms with van der Waals surface area (Å²) in [5, 5.41) is 0.596. The molecule has 0 saturated heterocycles. The summed E-state index contributed by atoms with van der Waals surface area (Å²) in [5.41, 5.74) is 0.438. The fraction of sp³-hybridized carbons (Fsp3) is 0.412. The van der Waals surface area contributed by atoms with E-state index < -0.39 is 16.7 Å². The molecule has 1 aliphatic heterocycles. The van der Waals surface area contributed by atoms with Crippen LogP contribution < -0.4 is 15.3 Å². The lowest BCUT2D eigenvalue weighted by Crippen LogP contribution is -2.35. The second-order valence-corrected chi connectivity index (χ2v) is 8.64. The molecular weight excluding hydrogens is 427 g/mol. The zero-order chi connectivity index (χ0) is 20.8. The number of methoxy groups -OCH3 is 1. The maximum Gasteiger partial charge on any atom is 0.425 e. The molecule has 0 atom stereocenters. The van der Waals surface area contributed by atoms with E-state index in [1.54, 1.807) is 14.0 Å². The largest absolute Gasteiger partial charge is 0.473 e. The molecule has 4 heterocycles. The van der Waals surface area contributed by atoms with Gasteiger partial charge in [-0.15, -0.1) is 11.3 Å². The van der Waals surface area contributed by atoms with Crippen molar-refractivity contribution in [3.8, 4) is 5.19 Å². The van der Waals surface area contributed by atoms with E-state index in [1.807, 2.05) is 4.90 Å². The molecule has 12 heteroatoms. The number of alkyl halides is 3. The van der Waals surface area contributed by atoms with Crippen LogP contribution in [0.2, 0.25) is 0 Å². The molecule has 0 N–H and O–H groups in total. The summed E-state index contributed by atoms with van der Waals surface area (Å²) >= 11 is 2.06. The Hall–Kier alpha value is -2.47. The molecule has 4 rings (SSSR count). The molecule has 0 unspecified atom stereocenters. The maximum atomic E-state index is 12.8. The number of thiophene rings is 1. The molecule has 0 saturated carbocycles. The molecule has 0 bridgehead atoms. The summed E-state index contributed by atoms with van der Waals surface area (Å²) in [4.78, 5) is 28.1. The zero-order valence-corrected chi connectivity index (χ0v) is 17.1. The number of anilines is 1. The molecule has 0 aliphatic carbocycles. The van der Waals surface area contributed by atoms with Crippen molar-refractivity contribution in [2.75, 3.05) is 18.6 Å². The van der Waals surface area contributed by atoms with Gasteiger partial charge in [-0.05, 0) is 19.1 Å². The maximum absolute atomic E-state index is 12.8. The molecule has 3 aromatic heterocycles. The first kappa shape index (κ1) is 19.8. The Balaban J connectivity index is 1.56. The van der Waals surface area contributed by atoms with Gasteiger partial charge in [0.2, 0.25) is 5.95 Å². The molecule has 0 fully saturated rings. The Morgan fingerprint density at radius 1 is 1.21 bits per heavy atom. The molecule has 154 valence electrons. The molecule has 1 aliphatic rings. The minimum Gasteiger partial charge on any atom is -0.473 e. The van der Waals surface area contributed by atoms with Gasteiger partial charge in [0.05, 0.1) is 30.8 Å². The van der Waals surface area contributed by atoms with Crippen LogP contribution in [0, 0.1) is 6.92 Å².